The van der Waals surface area contributed by atoms with E-state index in [0.717, 1.165) is 18.8 Å². The van der Waals surface area contributed by atoms with Crippen LogP contribution in [-0.4, -0.2) is 47.6 Å². The van der Waals surface area contributed by atoms with Crippen molar-refractivity contribution in [3.8, 4) is 0 Å². The molecule has 3 heterocycles. The molecule has 33 heavy (non-hydrogen) atoms. The molecule has 178 valence electrons. The Labute approximate surface area is 194 Å². The highest BCUT2D eigenvalue weighted by molar-refractivity contribution is 6.01. The van der Waals surface area contributed by atoms with Crippen molar-refractivity contribution in [1.82, 2.24) is 15.5 Å². The van der Waals surface area contributed by atoms with E-state index >= 15 is 4.39 Å². The quantitative estimate of drug-likeness (QED) is 0.690. The second-order valence-corrected chi connectivity index (χ2v) is 10.2. The van der Waals surface area contributed by atoms with Gasteiger partial charge >= 0.3 is 0 Å². The van der Waals surface area contributed by atoms with Gasteiger partial charge in [-0.15, -0.1) is 0 Å². The molecule has 0 spiro atoms. The number of allylic oxidation sites excluding steroid dienone is 1. The summed E-state index contributed by atoms with van der Waals surface area (Å²) in [5, 5.41) is 6.49. The predicted molar refractivity (Wildman–Crippen MR) is 123 cm³/mol. The molecule has 2 amide bonds. The Hall–Kier alpha value is -2.25. The van der Waals surface area contributed by atoms with Crippen LogP contribution in [0.1, 0.15) is 73.4 Å². The van der Waals surface area contributed by atoms with Crippen molar-refractivity contribution >= 4 is 11.8 Å². The number of hydrogen-bond donors (Lipinski definition) is 2. The number of nitrogens with one attached hydrogen (secondary N) is 2. The molecule has 3 aliphatic heterocycles. The Morgan fingerprint density at radius 2 is 2.06 bits per heavy atom. The van der Waals surface area contributed by atoms with Crippen LogP contribution in [0.5, 0.6) is 0 Å². The molecule has 0 radical (unpaired) electrons. The van der Waals surface area contributed by atoms with Crippen LogP contribution in [0.15, 0.2) is 24.4 Å². The van der Waals surface area contributed by atoms with E-state index < -0.39 is 6.04 Å². The molecule has 1 saturated carbocycles. The van der Waals surface area contributed by atoms with Gasteiger partial charge in [-0.2, -0.15) is 0 Å². The van der Waals surface area contributed by atoms with Gasteiger partial charge in [-0.1, -0.05) is 19.1 Å². The normalized spacial score (nSPS) is 29.0. The highest BCUT2D eigenvalue weighted by Crippen LogP contribution is 2.33. The second kappa shape index (κ2) is 9.18. The molecular weight excluding hydrogens is 421 g/mol. The first kappa shape index (κ1) is 22.5. The van der Waals surface area contributed by atoms with Crippen LogP contribution in [-0.2, 0) is 22.5 Å². The minimum atomic E-state index is -0.582. The number of amides is 2. The standard InChI is InChI=1S/C26H34FN3O3/c1-15-8-11-22(25(31)28-15)30-14-20-19(26(30)32)10-9-18(24(20)27)13-23-21(7-4-12-33-23)29-16(2)17-5-3-6-17/h9-10,16-17,21-23,29H,1,3-8,11-14H2,2H3,(H,28,31)/t16-,21+,22?,23-/m1/s1. The molecule has 6 nitrogen and oxygen atoms in total. The molecular formula is C26H34FN3O3. The van der Waals surface area contributed by atoms with Crippen LogP contribution in [0.4, 0.5) is 4.39 Å². The Kier molecular flexibility index (Phi) is 6.27. The van der Waals surface area contributed by atoms with Gasteiger partial charge < -0.3 is 20.3 Å². The molecule has 1 unspecified atom stereocenters. The first-order valence-electron chi connectivity index (χ1n) is 12.4. The van der Waals surface area contributed by atoms with E-state index in [-0.39, 0.29) is 36.3 Å². The number of carbonyl (C=O) groups is 2. The van der Waals surface area contributed by atoms with Crippen LogP contribution in [0.3, 0.4) is 0 Å². The van der Waals surface area contributed by atoms with Crippen molar-refractivity contribution in [2.45, 2.75) is 89.1 Å². The molecule has 4 aliphatic rings. The van der Waals surface area contributed by atoms with Gasteiger partial charge in [-0.05, 0) is 63.0 Å². The smallest absolute Gasteiger partial charge is 0.255 e. The van der Waals surface area contributed by atoms with E-state index in [0.29, 0.717) is 54.3 Å². The number of nitrogens with zero attached hydrogens (tertiary/aromatic N) is 1. The molecule has 5 rings (SSSR count). The number of fused-ring (bicyclic) bond motifs is 1. The predicted octanol–water partition coefficient (Wildman–Crippen LogP) is 3.44. The lowest BCUT2D eigenvalue weighted by Gasteiger charge is -2.39. The first-order valence-corrected chi connectivity index (χ1v) is 12.4. The fourth-order valence-corrected chi connectivity index (χ4v) is 5.75. The van der Waals surface area contributed by atoms with Crippen molar-refractivity contribution in [2.24, 2.45) is 5.92 Å². The van der Waals surface area contributed by atoms with Crippen molar-refractivity contribution in [3.05, 3.63) is 46.9 Å². The lowest BCUT2D eigenvalue weighted by atomic mass is 9.79. The minimum Gasteiger partial charge on any atom is -0.376 e. The zero-order valence-electron chi connectivity index (χ0n) is 19.4. The summed E-state index contributed by atoms with van der Waals surface area (Å²) in [7, 11) is 0. The molecule has 1 aliphatic carbocycles. The van der Waals surface area contributed by atoms with Crippen LogP contribution >= 0.6 is 0 Å². The maximum Gasteiger partial charge on any atom is 0.255 e. The highest BCUT2D eigenvalue weighted by Gasteiger charge is 2.40. The Bertz CT molecular complexity index is 960. The van der Waals surface area contributed by atoms with E-state index in [1.165, 1.54) is 24.2 Å². The number of halogens is 1. The van der Waals surface area contributed by atoms with Crippen LogP contribution in [0.25, 0.3) is 0 Å². The molecule has 2 saturated heterocycles. The van der Waals surface area contributed by atoms with Gasteiger partial charge in [0.25, 0.3) is 5.91 Å². The molecule has 7 heteroatoms. The third kappa shape index (κ3) is 4.33. The summed E-state index contributed by atoms with van der Waals surface area (Å²) >= 11 is 0. The van der Waals surface area contributed by atoms with Gasteiger partial charge in [-0.25, -0.2) is 4.39 Å². The Balaban J connectivity index is 1.30. The lowest BCUT2D eigenvalue weighted by Crippen LogP contribution is -2.51. The summed E-state index contributed by atoms with van der Waals surface area (Å²) in [5.41, 5.74) is 2.01. The number of piperidine rings is 1. The van der Waals surface area contributed by atoms with Gasteiger partial charge in [0.2, 0.25) is 5.91 Å². The third-order valence-corrected chi connectivity index (χ3v) is 8.04. The van der Waals surface area contributed by atoms with E-state index in [9.17, 15) is 9.59 Å². The molecule has 0 bridgehead atoms. The van der Waals surface area contributed by atoms with E-state index in [1.807, 2.05) is 0 Å². The van der Waals surface area contributed by atoms with Crippen LogP contribution in [0, 0.1) is 11.7 Å². The highest BCUT2D eigenvalue weighted by atomic mass is 19.1. The molecule has 3 fully saturated rings. The largest absolute Gasteiger partial charge is 0.376 e. The van der Waals surface area contributed by atoms with E-state index in [2.05, 4.69) is 24.1 Å². The summed E-state index contributed by atoms with van der Waals surface area (Å²) in [6.07, 6.45) is 7.45. The molecule has 1 aromatic rings. The van der Waals surface area contributed by atoms with Gasteiger partial charge in [0.1, 0.15) is 11.9 Å². The van der Waals surface area contributed by atoms with Gasteiger partial charge in [0, 0.05) is 41.9 Å². The fourth-order valence-electron chi connectivity index (χ4n) is 5.75. The number of hydrogen-bond acceptors (Lipinski definition) is 4. The summed E-state index contributed by atoms with van der Waals surface area (Å²) in [6.45, 7) is 6.87. The lowest BCUT2D eigenvalue weighted by molar-refractivity contribution is -0.126. The summed E-state index contributed by atoms with van der Waals surface area (Å²) in [5.74, 6) is -0.108. The number of rotatable bonds is 6. The molecule has 4 atom stereocenters. The maximum absolute atomic E-state index is 15.6. The van der Waals surface area contributed by atoms with Gasteiger partial charge in [0.15, 0.2) is 0 Å². The Morgan fingerprint density at radius 3 is 2.79 bits per heavy atom. The van der Waals surface area contributed by atoms with E-state index in [4.69, 9.17) is 4.74 Å². The van der Waals surface area contributed by atoms with Gasteiger partial charge in [0.05, 0.1) is 12.6 Å². The van der Waals surface area contributed by atoms with Crippen molar-refractivity contribution in [2.75, 3.05) is 6.61 Å². The monoisotopic (exact) mass is 455 g/mol. The SMILES string of the molecule is C=C1CCC(N2Cc3c(ccc(C[C@H]4OCCC[C@@H]4N[C@H](C)C4CCC4)c3F)C2=O)C(=O)N1. The number of benzene rings is 1. The van der Waals surface area contributed by atoms with Gasteiger partial charge in [-0.3, -0.25) is 9.59 Å². The molecule has 2 N–H and O–H groups in total. The van der Waals surface area contributed by atoms with Crippen molar-refractivity contribution in [3.63, 3.8) is 0 Å². The minimum absolute atomic E-state index is 0.0860. The van der Waals surface area contributed by atoms with Crippen LogP contribution in [0.2, 0.25) is 0 Å². The fraction of sp³-hybridized carbons (Fsp3) is 0.615. The second-order valence-electron chi connectivity index (χ2n) is 10.2. The van der Waals surface area contributed by atoms with Crippen molar-refractivity contribution < 1.29 is 18.7 Å². The van der Waals surface area contributed by atoms with E-state index in [1.54, 1.807) is 12.1 Å². The van der Waals surface area contributed by atoms with Crippen molar-refractivity contribution in [1.29, 1.82) is 0 Å². The summed E-state index contributed by atoms with van der Waals surface area (Å²) in [6, 6.07) is 3.52. The topological polar surface area (TPSA) is 70.7 Å². The third-order valence-electron chi connectivity index (χ3n) is 8.04. The summed E-state index contributed by atoms with van der Waals surface area (Å²) in [4.78, 5) is 26.9. The average molecular weight is 456 g/mol. The molecule has 1 aromatic carbocycles. The zero-order chi connectivity index (χ0) is 23.1. The van der Waals surface area contributed by atoms with Crippen LogP contribution < -0.4 is 10.6 Å². The molecule has 0 aromatic heterocycles. The maximum atomic E-state index is 15.6. The number of ether oxygens (including phenoxy) is 1. The average Bonchev–Trinajstić information content (AvgIpc) is 3.07. The zero-order valence-corrected chi connectivity index (χ0v) is 19.4. The summed E-state index contributed by atoms with van der Waals surface area (Å²) < 4.78 is 21.7. The first-order chi connectivity index (χ1) is 15.9. The Morgan fingerprint density at radius 1 is 1.24 bits per heavy atom. The number of carbonyl (C=O) groups excluding carboxylic acids is 2.